The van der Waals surface area contributed by atoms with Crippen LogP contribution in [0.25, 0.3) is 0 Å². The van der Waals surface area contributed by atoms with Crippen molar-refractivity contribution in [2.45, 2.75) is 12.6 Å². The van der Waals surface area contributed by atoms with Gasteiger partial charge in [-0.2, -0.15) is 13.2 Å². The van der Waals surface area contributed by atoms with Gasteiger partial charge in [0, 0.05) is 13.1 Å². The summed E-state index contributed by atoms with van der Waals surface area (Å²) in [5.74, 6) is -2.43. The molecule has 0 radical (unpaired) electrons. The average molecular weight is 440 g/mol. The normalized spacial score (nSPS) is 12.1. The number of alkyl halides is 3. The Kier molecular flexibility index (Phi) is 6.76. The zero-order chi connectivity index (χ0) is 21.8. The highest BCUT2D eigenvalue weighted by molar-refractivity contribution is 7.88. The van der Waals surface area contributed by atoms with Gasteiger partial charge in [-0.15, -0.1) is 0 Å². The number of nitrogens with one attached hydrogen (secondary N) is 3. The van der Waals surface area contributed by atoms with E-state index in [2.05, 4.69) is 25.0 Å². The Bertz CT molecular complexity index is 979. The summed E-state index contributed by atoms with van der Waals surface area (Å²) in [4.78, 5) is 0. The fraction of sp³-hybridized carbons (Fsp3) is 0.357. The molecule has 15 heteroatoms. The molecule has 4 N–H and O–H groups in total. The van der Waals surface area contributed by atoms with Crippen LogP contribution in [0.4, 0.5) is 29.1 Å². The van der Waals surface area contributed by atoms with Crippen LogP contribution in [-0.2, 0) is 16.2 Å². The van der Waals surface area contributed by atoms with Gasteiger partial charge < -0.3 is 5.32 Å². The van der Waals surface area contributed by atoms with Crippen LogP contribution in [-0.4, -0.2) is 49.1 Å². The molecule has 29 heavy (non-hydrogen) atoms. The Morgan fingerprint density at radius 3 is 2.62 bits per heavy atom. The Morgan fingerprint density at radius 2 is 2.00 bits per heavy atom. The van der Waals surface area contributed by atoms with E-state index in [1.165, 1.54) is 0 Å². The molecule has 0 aliphatic heterocycles. The molecule has 1 aromatic carbocycles. The number of benzene rings is 1. The number of nitrogens with zero attached hydrogens (tertiary/aromatic N) is 3. The second-order valence-corrected chi connectivity index (χ2v) is 7.56. The Hall–Kier alpha value is -2.78. The van der Waals surface area contributed by atoms with Crippen LogP contribution in [0, 0.1) is 11.2 Å². The first-order valence-corrected chi connectivity index (χ1v) is 9.75. The summed E-state index contributed by atoms with van der Waals surface area (Å²) >= 11 is 0. The summed E-state index contributed by atoms with van der Waals surface area (Å²) in [6, 6.07) is 1.68. The maximum Gasteiger partial charge on any atom is 0.419 e. The maximum atomic E-state index is 13.4. The van der Waals surface area contributed by atoms with Gasteiger partial charge in [0.15, 0.2) is 11.5 Å². The van der Waals surface area contributed by atoms with Crippen molar-refractivity contribution >= 4 is 27.4 Å². The van der Waals surface area contributed by atoms with Crippen LogP contribution in [0.3, 0.4) is 0 Å². The monoisotopic (exact) mass is 440 g/mol. The van der Waals surface area contributed by atoms with E-state index in [0.717, 1.165) is 12.3 Å². The number of amidine groups is 1. The molecule has 0 bridgehead atoms. The second kappa shape index (κ2) is 8.71. The predicted octanol–water partition coefficient (Wildman–Crippen LogP) is 1.80. The van der Waals surface area contributed by atoms with Gasteiger partial charge in [-0.1, -0.05) is 0 Å². The van der Waals surface area contributed by atoms with Crippen LogP contribution in [0.5, 0.6) is 0 Å². The summed E-state index contributed by atoms with van der Waals surface area (Å²) in [6.07, 6.45) is -3.68. The smallest absolute Gasteiger partial charge is 0.365 e. The minimum Gasteiger partial charge on any atom is -0.365 e. The van der Waals surface area contributed by atoms with Gasteiger partial charge in [0.25, 0.3) is 0 Å². The minimum atomic E-state index is -4.99. The third-order valence-corrected chi connectivity index (χ3v) is 4.16. The number of hydrogen-bond acceptors (Lipinski definition) is 8. The van der Waals surface area contributed by atoms with E-state index in [0.29, 0.717) is 18.6 Å². The molecule has 0 atom stereocenters. The van der Waals surface area contributed by atoms with E-state index < -0.39 is 39.1 Å². The highest BCUT2D eigenvalue weighted by Gasteiger charge is 2.35. The topological polar surface area (TPSA) is 144 Å². The van der Waals surface area contributed by atoms with Crippen molar-refractivity contribution in [1.82, 2.24) is 15.0 Å². The van der Waals surface area contributed by atoms with E-state index in [4.69, 9.17) is 5.41 Å². The number of halogens is 4. The first-order valence-electron chi connectivity index (χ1n) is 7.86. The highest BCUT2D eigenvalue weighted by atomic mass is 32.2. The molecule has 1 heterocycles. The minimum absolute atomic E-state index is 0.0601. The number of hydroxylamine groups is 1. The van der Waals surface area contributed by atoms with E-state index in [-0.39, 0.29) is 29.7 Å². The van der Waals surface area contributed by atoms with E-state index in [1.807, 2.05) is 0 Å². The first-order chi connectivity index (χ1) is 13.4. The highest BCUT2D eigenvalue weighted by Crippen LogP contribution is 2.34. The zero-order valence-corrected chi connectivity index (χ0v) is 15.6. The average Bonchev–Trinajstić information content (AvgIpc) is 3.07. The van der Waals surface area contributed by atoms with Gasteiger partial charge in [0.2, 0.25) is 15.8 Å². The molecule has 0 saturated carbocycles. The molecule has 0 unspecified atom stereocenters. The molecule has 0 aliphatic rings. The van der Waals surface area contributed by atoms with Crippen molar-refractivity contribution < 1.29 is 35.8 Å². The Labute approximate surface area is 162 Å². The van der Waals surface area contributed by atoms with Gasteiger partial charge in [-0.05, 0) is 34.9 Å². The van der Waals surface area contributed by atoms with Crippen molar-refractivity contribution in [3.63, 3.8) is 0 Å². The number of aromatic nitrogens is 2. The predicted molar refractivity (Wildman–Crippen MR) is 92.7 cm³/mol. The number of hydrogen-bond donors (Lipinski definition) is 4. The van der Waals surface area contributed by atoms with Crippen molar-refractivity contribution in [1.29, 1.82) is 5.41 Å². The van der Waals surface area contributed by atoms with E-state index >= 15 is 0 Å². The summed E-state index contributed by atoms with van der Waals surface area (Å²) in [6.45, 7) is 0.295. The molecule has 10 nitrogen and oxygen atoms in total. The molecular formula is C14H16F4N6O4S. The number of rotatable bonds is 8. The van der Waals surface area contributed by atoms with Crippen molar-refractivity contribution in [3.8, 4) is 0 Å². The molecular weight excluding hydrogens is 424 g/mol. The molecule has 2 aromatic rings. The van der Waals surface area contributed by atoms with Crippen molar-refractivity contribution in [2.24, 2.45) is 0 Å². The molecule has 0 spiro atoms. The summed E-state index contributed by atoms with van der Waals surface area (Å²) in [5, 5.41) is 27.6. The molecule has 2 rings (SSSR count). The van der Waals surface area contributed by atoms with Gasteiger partial charge in [0.1, 0.15) is 5.82 Å². The van der Waals surface area contributed by atoms with Gasteiger partial charge in [-0.25, -0.2) is 27.2 Å². The van der Waals surface area contributed by atoms with Crippen LogP contribution in [0.2, 0.25) is 0 Å². The molecule has 160 valence electrons. The Morgan fingerprint density at radius 1 is 1.31 bits per heavy atom. The number of sulfonamides is 1. The van der Waals surface area contributed by atoms with Crippen molar-refractivity contribution in [3.05, 3.63) is 35.3 Å². The van der Waals surface area contributed by atoms with Crippen LogP contribution in [0.15, 0.2) is 22.8 Å². The summed E-state index contributed by atoms with van der Waals surface area (Å²) < 4.78 is 80.5. The quantitative estimate of drug-likeness (QED) is 0.160. The fourth-order valence-electron chi connectivity index (χ4n) is 2.10. The molecule has 0 amide bonds. The molecule has 0 saturated heterocycles. The van der Waals surface area contributed by atoms with Crippen LogP contribution in [0.1, 0.15) is 17.7 Å². The Balaban J connectivity index is 2.09. The third kappa shape index (κ3) is 6.10. The summed E-state index contributed by atoms with van der Waals surface area (Å²) in [5.41, 5.74) is -2.48. The largest absolute Gasteiger partial charge is 0.419 e. The zero-order valence-electron chi connectivity index (χ0n) is 14.8. The fourth-order valence-corrected chi connectivity index (χ4v) is 2.62. The first kappa shape index (κ1) is 22.5. The lowest BCUT2D eigenvalue weighted by molar-refractivity contribution is -0.139. The lowest BCUT2D eigenvalue weighted by atomic mass is 10.1. The van der Waals surface area contributed by atoms with Gasteiger partial charge >= 0.3 is 6.18 Å². The van der Waals surface area contributed by atoms with Crippen molar-refractivity contribution in [2.75, 3.05) is 29.7 Å². The third-order valence-electron chi connectivity index (χ3n) is 3.43. The molecule has 0 fully saturated rings. The standard InChI is InChI=1S/C14H16F4N6O4S/c1-29(26,27)21-6-2-5-20-13-11(22-28-23-13)12(19)24(25)8-3-4-10(15)9(7-8)14(16,17)18/h3-4,7,19,21,25H,2,5-6H2,1H3,(H,20,23). The molecule has 1 aromatic heterocycles. The lowest BCUT2D eigenvalue weighted by Crippen LogP contribution is -2.29. The maximum absolute atomic E-state index is 13.4. The number of anilines is 2. The van der Waals surface area contributed by atoms with Crippen LogP contribution < -0.4 is 15.1 Å². The van der Waals surface area contributed by atoms with Gasteiger partial charge in [0.05, 0.1) is 17.5 Å². The van der Waals surface area contributed by atoms with Crippen LogP contribution >= 0.6 is 0 Å². The lowest BCUT2D eigenvalue weighted by Gasteiger charge is -2.18. The molecule has 0 aliphatic carbocycles. The van der Waals surface area contributed by atoms with E-state index in [1.54, 1.807) is 0 Å². The van der Waals surface area contributed by atoms with Gasteiger partial charge in [-0.3, -0.25) is 10.6 Å². The second-order valence-electron chi connectivity index (χ2n) is 5.73. The SMILES string of the molecule is CS(=O)(=O)NCCCNc1nonc1C(=N)N(O)c1ccc(F)c(C(F)(F)F)c1. The summed E-state index contributed by atoms with van der Waals surface area (Å²) in [7, 11) is -3.34. The van der Waals surface area contributed by atoms with E-state index in [9.17, 15) is 31.2 Å².